The minimum Gasteiger partial charge on any atom is -0.0829 e. The standard InChI is InChI=1S/C12H17I/c1-10(8-9-11(2)13)12-6-4-3-5-7-12/h3-7,10-11H,8-9H2,1-2H3. The maximum atomic E-state index is 2.50. The van der Waals surface area contributed by atoms with Crippen molar-refractivity contribution in [3.8, 4) is 0 Å². The number of hydrogen-bond acceptors (Lipinski definition) is 0. The summed E-state index contributed by atoms with van der Waals surface area (Å²) in [6.07, 6.45) is 2.62. The Labute approximate surface area is 94.9 Å². The second kappa shape index (κ2) is 5.63. The molecule has 0 fully saturated rings. The molecule has 0 aliphatic heterocycles. The van der Waals surface area contributed by atoms with Gasteiger partial charge in [-0.2, -0.15) is 0 Å². The van der Waals surface area contributed by atoms with E-state index in [9.17, 15) is 0 Å². The average molecular weight is 288 g/mol. The van der Waals surface area contributed by atoms with Crippen molar-refractivity contribution in [2.75, 3.05) is 0 Å². The van der Waals surface area contributed by atoms with Gasteiger partial charge in [0.15, 0.2) is 0 Å². The zero-order valence-corrected chi connectivity index (χ0v) is 10.5. The summed E-state index contributed by atoms with van der Waals surface area (Å²) in [5.74, 6) is 0.707. The van der Waals surface area contributed by atoms with Crippen molar-refractivity contribution in [3.63, 3.8) is 0 Å². The zero-order chi connectivity index (χ0) is 9.68. The lowest BCUT2D eigenvalue weighted by Gasteiger charge is -2.12. The SMILES string of the molecule is CC(I)CCC(C)c1ccccc1. The van der Waals surface area contributed by atoms with Crippen LogP contribution in [0.2, 0.25) is 0 Å². The zero-order valence-electron chi connectivity index (χ0n) is 8.33. The predicted molar refractivity (Wildman–Crippen MR) is 67.6 cm³/mol. The van der Waals surface area contributed by atoms with Crippen molar-refractivity contribution in [1.29, 1.82) is 0 Å². The van der Waals surface area contributed by atoms with E-state index in [1.165, 1.54) is 18.4 Å². The highest BCUT2D eigenvalue weighted by atomic mass is 127. The smallest absolute Gasteiger partial charge is 0.00815 e. The third kappa shape index (κ3) is 4.12. The molecule has 1 aromatic carbocycles. The fraction of sp³-hybridized carbons (Fsp3) is 0.500. The summed E-state index contributed by atoms with van der Waals surface area (Å²) in [6, 6.07) is 10.8. The molecule has 0 aliphatic rings. The summed E-state index contributed by atoms with van der Waals surface area (Å²) in [5, 5.41) is 0. The van der Waals surface area contributed by atoms with Gasteiger partial charge in [-0.1, -0.05) is 66.8 Å². The molecular formula is C12H17I. The van der Waals surface area contributed by atoms with Crippen LogP contribution in [0.4, 0.5) is 0 Å². The molecule has 0 saturated carbocycles. The van der Waals surface area contributed by atoms with Gasteiger partial charge in [0.05, 0.1) is 0 Å². The maximum Gasteiger partial charge on any atom is 0.00815 e. The molecule has 1 heteroatoms. The van der Waals surface area contributed by atoms with Crippen LogP contribution >= 0.6 is 22.6 Å². The van der Waals surface area contributed by atoms with Crippen LogP contribution in [0.15, 0.2) is 30.3 Å². The van der Waals surface area contributed by atoms with Gasteiger partial charge in [-0.25, -0.2) is 0 Å². The monoisotopic (exact) mass is 288 g/mol. The molecule has 1 aromatic rings. The first-order valence-electron chi connectivity index (χ1n) is 4.89. The van der Waals surface area contributed by atoms with Crippen molar-refractivity contribution >= 4 is 22.6 Å². The Balaban J connectivity index is 2.44. The van der Waals surface area contributed by atoms with Gasteiger partial charge in [0.2, 0.25) is 0 Å². The fourth-order valence-electron chi connectivity index (χ4n) is 1.43. The van der Waals surface area contributed by atoms with Gasteiger partial charge >= 0.3 is 0 Å². The Bertz CT molecular complexity index is 228. The maximum absolute atomic E-state index is 2.50. The number of benzene rings is 1. The van der Waals surface area contributed by atoms with Gasteiger partial charge in [0.1, 0.15) is 0 Å². The molecule has 72 valence electrons. The highest BCUT2D eigenvalue weighted by Gasteiger charge is 2.05. The lowest BCUT2D eigenvalue weighted by atomic mass is 9.96. The third-order valence-electron chi connectivity index (χ3n) is 2.37. The lowest BCUT2D eigenvalue weighted by Crippen LogP contribution is -1.97. The van der Waals surface area contributed by atoms with Crippen molar-refractivity contribution < 1.29 is 0 Å². The van der Waals surface area contributed by atoms with E-state index in [1.54, 1.807) is 0 Å². The van der Waals surface area contributed by atoms with E-state index in [-0.39, 0.29) is 0 Å². The molecule has 1 rings (SSSR count). The minimum absolute atomic E-state index is 0.707. The van der Waals surface area contributed by atoms with Gasteiger partial charge < -0.3 is 0 Å². The molecule has 0 aromatic heterocycles. The van der Waals surface area contributed by atoms with Gasteiger partial charge in [0.25, 0.3) is 0 Å². The largest absolute Gasteiger partial charge is 0.0829 e. The second-order valence-electron chi connectivity index (χ2n) is 3.67. The fourth-order valence-corrected chi connectivity index (χ4v) is 1.79. The average Bonchev–Trinajstić information content (AvgIpc) is 2.15. The summed E-state index contributed by atoms with van der Waals surface area (Å²) in [7, 11) is 0. The Morgan fingerprint density at radius 3 is 2.23 bits per heavy atom. The first-order chi connectivity index (χ1) is 6.20. The number of halogens is 1. The molecule has 0 amide bonds. The summed E-state index contributed by atoms with van der Waals surface area (Å²) in [4.78, 5) is 0. The van der Waals surface area contributed by atoms with E-state index in [1.807, 2.05) is 0 Å². The summed E-state index contributed by atoms with van der Waals surface area (Å²) in [5.41, 5.74) is 1.47. The van der Waals surface area contributed by atoms with Gasteiger partial charge in [-0.3, -0.25) is 0 Å². The van der Waals surface area contributed by atoms with Crippen LogP contribution in [-0.4, -0.2) is 3.92 Å². The third-order valence-corrected chi connectivity index (χ3v) is 2.99. The van der Waals surface area contributed by atoms with E-state index in [2.05, 4.69) is 66.8 Å². The van der Waals surface area contributed by atoms with E-state index >= 15 is 0 Å². The lowest BCUT2D eigenvalue weighted by molar-refractivity contribution is 0.639. The van der Waals surface area contributed by atoms with Crippen LogP contribution in [0.25, 0.3) is 0 Å². The first kappa shape index (κ1) is 11.0. The molecule has 13 heavy (non-hydrogen) atoms. The molecule has 0 N–H and O–H groups in total. The normalized spacial score (nSPS) is 15.3. The van der Waals surface area contributed by atoms with Gasteiger partial charge in [-0.15, -0.1) is 0 Å². The minimum atomic E-state index is 0.707. The van der Waals surface area contributed by atoms with Crippen LogP contribution in [0.3, 0.4) is 0 Å². The summed E-state index contributed by atoms with van der Waals surface area (Å²) >= 11 is 2.50. The van der Waals surface area contributed by atoms with Crippen LogP contribution in [-0.2, 0) is 0 Å². The molecule has 2 atom stereocenters. The molecule has 0 bridgehead atoms. The molecule has 0 radical (unpaired) electrons. The van der Waals surface area contributed by atoms with Crippen LogP contribution in [0.1, 0.15) is 38.2 Å². The van der Waals surface area contributed by atoms with Crippen LogP contribution < -0.4 is 0 Å². The van der Waals surface area contributed by atoms with Gasteiger partial charge in [0, 0.05) is 3.92 Å². The van der Waals surface area contributed by atoms with Crippen molar-refractivity contribution in [2.45, 2.75) is 36.5 Å². The number of alkyl halides is 1. The quantitative estimate of drug-likeness (QED) is 0.569. The second-order valence-corrected chi connectivity index (χ2v) is 5.80. The topological polar surface area (TPSA) is 0 Å². The number of rotatable bonds is 4. The summed E-state index contributed by atoms with van der Waals surface area (Å²) < 4.78 is 0.795. The Morgan fingerprint density at radius 2 is 1.69 bits per heavy atom. The molecule has 0 saturated heterocycles. The van der Waals surface area contributed by atoms with Gasteiger partial charge in [-0.05, 0) is 24.3 Å². The first-order valence-corrected chi connectivity index (χ1v) is 6.13. The Kier molecular flexibility index (Phi) is 4.78. The van der Waals surface area contributed by atoms with E-state index < -0.39 is 0 Å². The van der Waals surface area contributed by atoms with E-state index in [4.69, 9.17) is 0 Å². The van der Waals surface area contributed by atoms with E-state index in [0.717, 1.165) is 3.92 Å². The molecule has 0 heterocycles. The highest BCUT2D eigenvalue weighted by Crippen LogP contribution is 2.22. The molecule has 0 nitrogen and oxygen atoms in total. The Morgan fingerprint density at radius 1 is 1.08 bits per heavy atom. The van der Waals surface area contributed by atoms with Crippen molar-refractivity contribution in [2.24, 2.45) is 0 Å². The van der Waals surface area contributed by atoms with Crippen LogP contribution in [0.5, 0.6) is 0 Å². The Hall–Kier alpha value is -0.0500. The van der Waals surface area contributed by atoms with Crippen LogP contribution in [0, 0.1) is 0 Å². The van der Waals surface area contributed by atoms with Crippen molar-refractivity contribution in [3.05, 3.63) is 35.9 Å². The molecule has 0 aliphatic carbocycles. The molecule has 0 spiro atoms. The molecule has 2 unspecified atom stereocenters. The molecular weight excluding hydrogens is 271 g/mol. The summed E-state index contributed by atoms with van der Waals surface area (Å²) in [6.45, 7) is 4.59. The highest BCUT2D eigenvalue weighted by molar-refractivity contribution is 14.1. The number of hydrogen-bond donors (Lipinski definition) is 0. The van der Waals surface area contributed by atoms with Crippen molar-refractivity contribution in [1.82, 2.24) is 0 Å². The predicted octanol–water partition coefficient (Wildman–Crippen LogP) is 4.39. The van der Waals surface area contributed by atoms with E-state index in [0.29, 0.717) is 5.92 Å².